The number of hydrogen-bond donors (Lipinski definition) is 1. The fraction of sp³-hybridized carbons (Fsp3) is 0.290. The van der Waals surface area contributed by atoms with E-state index in [0.29, 0.717) is 11.3 Å². The molecule has 4 aromatic rings. The maximum absolute atomic E-state index is 11.9. The predicted octanol–water partition coefficient (Wildman–Crippen LogP) is 7.54. The summed E-state index contributed by atoms with van der Waals surface area (Å²) in [5, 5.41) is 15.8. The highest BCUT2D eigenvalue weighted by Crippen LogP contribution is 2.53. The second kappa shape index (κ2) is 7.96. The molecule has 1 aliphatic rings. The minimum Gasteiger partial charge on any atom is -0.508 e. The van der Waals surface area contributed by atoms with E-state index in [9.17, 15) is 5.11 Å². The number of fused-ring (bicyclic) bond motifs is 3. The number of phenolic OH excluding ortho intramolecular Hbond substituents is 1. The van der Waals surface area contributed by atoms with Crippen LogP contribution in [-0.2, 0) is 5.41 Å². The molecular formula is C31H34OSSi. The second-order valence-electron chi connectivity index (χ2n) is 11.1. The summed E-state index contributed by atoms with van der Waals surface area (Å²) >= 11 is 1.95. The van der Waals surface area contributed by atoms with Crippen molar-refractivity contribution >= 4 is 45.4 Å². The van der Waals surface area contributed by atoms with E-state index >= 15 is 0 Å². The van der Waals surface area contributed by atoms with Crippen LogP contribution in [-0.4, -0.2) is 13.2 Å². The molecule has 1 nitrogen and oxygen atoms in total. The predicted molar refractivity (Wildman–Crippen MR) is 152 cm³/mol. The van der Waals surface area contributed by atoms with Crippen molar-refractivity contribution in [1.82, 2.24) is 0 Å². The van der Waals surface area contributed by atoms with E-state index in [-0.39, 0.29) is 5.41 Å². The third kappa shape index (κ3) is 3.32. The van der Waals surface area contributed by atoms with E-state index in [1.54, 1.807) is 0 Å². The first-order chi connectivity index (χ1) is 16.0. The monoisotopic (exact) mass is 482 g/mol. The Kier molecular flexibility index (Phi) is 5.42. The molecule has 1 N–H and O–H groups in total. The van der Waals surface area contributed by atoms with Gasteiger partial charge in [0.2, 0.25) is 0 Å². The first-order valence-corrected chi connectivity index (χ1v) is 15.5. The summed E-state index contributed by atoms with van der Waals surface area (Å²) in [6.45, 7) is 15.9. The highest BCUT2D eigenvalue weighted by atomic mass is 32.1. The van der Waals surface area contributed by atoms with Crippen LogP contribution in [0.25, 0.3) is 15.7 Å². The van der Waals surface area contributed by atoms with Crippen molar-refractivity contribution in [3.63, 3.8) is 0 Å². The van der Waals surface area contributed by atoms with Gasteiger partial charge in [-0.15, -0.1) is 11.3 Å². The van der Waals surface area contributed by atoms with Crippen molar-refractivity contribution in [3.05, 3.63) is 93.9 Å². The smallest absolute Gasteiger partial charge is 0.132 e. The average molecular weight is 483 g/mol. The van der Waals surface area contributed by atoms with Crippen LogP contribution >= 0.6 is 11.3 Å². The van der Waals surface area contributed by atoms with Crippen molar-refractivity contribution in [2.75, 3.05) is 0 Å². The molecule has 0 spiro atoms. The largest absolute Gasteiger partial charge is 0.508 e. The third-order valence-corrected chi connectivity index (χ3v) is 14.2. The lowest BCUT2D eigenvalue weighted by molar-refractivity contribution is 0.450. The Morgan fingerprint density at radius 3 is 2.21 bits per heavy atom. The Labute approximate surface area is 208 Å². The van der Waals surface area contributed by atoms with Gasteiger partial charge in [0, 0.05) is 20.5 Å². The van der Waals surface area contributed by atoms with Crippen molar-refractivity contribution in [3.8, 4) is 5.75 Å². The first kappa shape index (κ1) is 23.1. The normalized spacial score (nSPS) is 17.8. The standard InChI is InChI=1S/C31H34OSSi/c1-19-17-24(31(4,5)6)28(32)26(18-19)34(7,22-13-9-8-10-14-22)30-21(3)20(2)27-23-15-11-12-16-25(23)33-29(27)30/h8-18,30,32H,1-7H3. The van der Waals surface area contributed by atoms with Crippen LogP contribution < -0.4 is 10.4 Å². The summed E-state index contributed by atoms with van der Waals surface area (Å²) in [4.78, 5) is 1.48. The van der Waals surface area contributed by atoms with Crippen LogP contribution in [0.4, 0.5) is 0 Å². The molecule has 0 amide bonds. The molecule has 0 saturated carbocycles. The molecule has 174 valence electrons. The van der Waals surface area contributed by atoms with E-state index < -0.39 is 8.07 Å². The van der Waals surface area contributed by atoms with Gasteiger partial charge in [-0.1, -0.05) is 104 Å². The summed E-state index contributed by atoms with van der Waals surface area (Å²) in [5.74, 6) is 0.496. The minimum absolute atomic E-state index is 0.129. The highest BCUT2D eigenvalue weighted by molar-refractivity contribution is 7.21. The van der Waals surface area contributed by atoms with E-state index in [1.165, 1.54) is 42.4 Å². The number of benzene rings is 3. The summed E-state index contributed by atoms with van der Waals surface area (Å²) in [6.07, 6.45) is 0. The number of aromatic hydroxyl groups is 1. The number of rotatable bonds is 3. The molecular weight excluding hydrogens is 448 g/mol. The van der Waals surface area contributed by atoms with Gasteiger partial charge in [-0.3, -0.25) is 0 Å². The summed E-state index contributed by atoms with van der Waals surface area (Å²) < 4.78 is 1.36. The van der Waals surface area contributed by atoms with Crippen LogP contribution in [0.5, 0.6) is 5.75 Å². The summed E-state index contributed by atoms with van der Waals surface area (Å²) in [6, 6.07) is 24.3. The molecule has 1 heterocycles. The van der Waals surface area contributed by atoms with Gasteiger partial charge >= 0.3 is 0 Å². The Balaban J connectivity index is 1.87. The van der Waals surface area contributed by atoms with Gasteiger partial charge in [0.25, 0.3) is 0 Å². The molecule has 0 fully saturated rings. The van der Waals surface area contributed by atoms with Gasteiger partial charge in [-0.25, -0.2) is 0 Å². The second-order valence-corrected chi connectivity index (χ2v) is 16.3. The van der Waals surface area contributed by atoms with Crippen LogP contribution in [0, 0.1) is 6.92 Å². The minimum atomic E-state index is -2.47. The lowest BCUT2D eigenvalue weighted by atomic mass is 9.85. The summed E-state index contributed by atoms with van der Waals surface area (Å²) in [7, 11) is -2.47. The van der Waals surface area contributed by atoms with Gasteiger partial charge in [0.05, 0.1) is 0 Å². The van der Waals surface area contributed by atoms with Crippen molar-refractivity contribution in [2.45, 2.75) is 59.0 Å². The Morgan fingerprint density at radius 2 is 1.53 bits per heavy atom. The molecule has 3 aromatic carbocycles. The van der Waals surface area contributed by atoms with Crippen LogP contribution in [0.2, 0.25) is 6.55 Å². The molecule has 2 unspecified atom stereocenters. The Bertz CT molecular complexity index is 1440. The quantitative estimate of drug-likeness (QED) is 0.299. The SMILES string of the molecule is CC1=C(C)C([Si](C)(c2ccccc2)c2cc(C)cc(C(C)(C)C)c2O)c2sc3ccccc3c21. The molecule has 3 heteroatoms. The average Bonchev–Trinajstić information content (AvgIpc) is 3.29. The van der Waals surface area contributed by atoms with Crippen molar-refractivity contribution in [1.29, 1.82) is 0 Å². The molecule has 5 rings (SSSR count). The fourth-order valence-electron chi connectivity index (χ4n) is 5.97. The number of allylic oxidation sites excluding steroid dienone is 2. The Morgan fingerprint density at radius 1 is 0.882 bits per heavy atom. The number of hydrogen-bond acceptors (Lipinski definition) is 2. The maximum atomic E-state index is 11.9. The number of aryl methyl sites for hydroxylation is 1. The topological polar surface area (TPSA) is 20.2 Å². The number of thiophene rings is 1. The lowest BCUT2D eigenvalue weighted by Gasteiger charge is -2.38. The summed E-state index contributed by atoms with van der Waals surface area (Å²) in [5.41, 5.74) is 6.74. The number of phenols is 1. The van der Waals surface area contributed by atoms with Crippen molar-refractivity contribution in [2.24, 2.45) is 0 Å². The van der Waals surface area contributed by atoms with Crippen LogP contribution in [0.1, 0.15) is 61.7 Å². The highest BCUT2D eigenvalue weighted by Gasteiger charge is 2.49. The van der Waals surface area contributed by atoms with E-state index in [0.717, 1.165) is 10.8 Å². The fourth-order valence-corrected chi connectivity index (χ4v) is 12.9. The molecule has 1 aliphatic carbocycles. The van der Waals surface area contributed by atoms with Gasteiger partial charge < -0.3 is 5.11 Å². The zero-order valence-corrected chi connectivity index (χ0v) is 23.1. The maximum Gasteiger partial charge on any atom is 0.132 e. The van der Waals surface area contributed by atoms with E-state index in [4.69, 9.17) is 0 Å². The molecule has 0 radical (unpaired) electrons. The van der Waals surface area contributed by atoms with Crippen LogP contribution in [0.15, 0.2) is 72.3 Å². The molecule has 0 saturated heterocycles. The van der Waals surface area contributed by atoms with Gasteiger partial charge in [-0.2, -0.15) is 0 Å². The molecule has 0 aliphatic heterocycles. The van der Waals surface area contributed by atoms with Gasteiger partial charge in [0.1, 0.15) is 13.8 Å². The third-order valence-electron chi connectivity index (χ3n) is 7.86. The Hall–Kier alpha value is -2.62. The lowest BCUT2D eigenvalue weighted by Crippen LogP contribution is -2.60. The zero-order chi connectivity index (χ0) is 24.4. The molecule has 34 heavy (non-hydrogen) atoms. The van der Waals surface area contributed by atoms with Gasteiger partial charge in [0.15, 0.2) is 0 Å². The van der Waals surface area contributed by atoms with E-state index in [1.807, 2.05) is 11.3 Å². The zero-order valence-electron chi connectivity index (χ0n) is 21.3. The molecule has 2 atom stereocenters. The molecule has 1 aromatic heterocycles. The van der Waals surface area contributed by atoms with Gasteiger partial charge in [-0.05, 0) is 54.1 Å². The molecule has 0 bridgehead atoms. The first-order valence-electron chi connectivity index (χ1n) is 12.1. The van der Waals surface area contributed by atoms with E-state index in [2.05, 4.69) is 115 Å². The van der Waals surface area contributed by atoms with Crippen molar-refractivity contribution < 1.29 is 5.11 Å². The van der Waals surface area contributed by atoms with Crippen LogP contribution in [0.3, 0.4) is 0 Å².